The van der Waals surface area contributed by atoms with E-state index in [1.54, 1.807) is 0 Å². The number of carbonyl (C=O) groups is 1. The first-order valence-corrected chi connectivity index (χ1v) is 8.14. The third kappa shape index (κ3) is 6.79. The second-order valence-corrected chi connectivity index (χ2v) is 5.86. The highest BCUT2D eigenvalue weighted by Gasteiger charge is 2.33. The molecule has 22 heavy (non-hydrogen) atoms. The Morgan fingerprint density at radius 3 is 2.50 bits per heavy atom. The van der Waals surface area contributed by atoms with Gasteiger partial charge in [-0.15, -0.1) is 0 Å². The van der Waals surface area contributed by atoms with Crippen molar-refractivity contribution in [2.45, 2.75) is 6.18 Å². The van der Waals surface area contributed by atoms with Gasteiger partial charge < -0.3 is 15.4 Å². The number of nitrogens with one attached hydrogen (secondary N) is 2. The number of amides is 2. The molecule has 0 unspecified atom stereocenters. The molecule has 0 radical (unpaired) electrons. The summed E-state index contributed by atoms with van der Waals surface area (Å²) in [5, 5.41) is 4.90. The maximum Gasteiger partial charge on any atom is 0.419 e. The van der Waals surface area contributed by atoms with Gasteiger partial charge in [0.15, 0.2) is 0 Å². The molecule has 0 fully saturated rings. The van der Waals surface area contributed by atoms with Crippen molar-refractivity contribution in [1.29, 1.82) is 0 Å². The Morgan fingerprint density at radius 2 is 1.86 bits per heavy atom. The maximum atomic E-state index is 12.7. The summed E-state index contributed by atoms with van der Waals surface area (Å²) in [5.74, 6) is 0.0571. The third-order valence-corrected chi connectivity index (χ3v) is 3.29. The average Bonchev–Trinajstić information content (AvgIpc) is 2.42. The van der Waals surface area contributed by atoms with Gasteiger partial charge in [0, 0.05) is 29.4 Å². The summed E-state index contributed by atoms with van der Waals surface area (Å²) in [4.78, 5) is 11.3. The minimum absolute atomic E-state index is 0.0488. The first-order valence-electron chi connectivity index (χ1n) is 6.41. The molecule has 0 aromatic heterocycles. The standard InChI is InChI=1S/C13H17F3N2O3S/c1-22(20)9-7-18-12(19)17-6-8-21-11-5-3-2-4-10(11)13(14,15)16/h2-5H,6-9H2,1H3,(H2,17,18,19)/t22-/m0/s1. The van der Waals surface area contributed by atoms with E-state index in [4.69, 9.17) is 4.74 Å². The van der Waals surface area contributed by atoms with Gasteiger partial charge in [0.05, 0.1) is 12.1 Å². The number of hydrogen-bond acceptors (Lipinski definition) is 3. The van der Waals surface area contributed by atoms with E-state index in [9.17, 15) is 22.2 Å². The van der Waals surface area contributed by atoms with Crippen molar-refractivity contribution in [1.82, 2.24) is 10.6 Å². The molecule has 9 heteroatoms. The van der Waals surface area contributed by atoms with Crippen LogP contribution in [-0.4, -0.2) is 41.9 Å². The van der Waals surface area contributed by atoms with Crippen molar-refractivity contribution < 1.29 is 26.9 Å². The minimum atomic E-state index is -4.49. The summed E-state index contributed by atoms with van der Waals surface area (Å²) in [6, 6.07) is 4.38. The molecule has 1 rings (SSSR count). The molecule has 0 aliphatic heterocycles. The number of ether oxygens (including phenoxy) is 1. The first kappa shape index (κ1) is 18.3. The smallest absolute Gasteiger partial charge is 0.419 e. The average molecular weight is 338 g/mol. The van der Waals surface area contributed by atoms with E-state index in [0.29, 0.717) is 5.75 Å². The summed E-state index contributed by atoms with van der Waals surface area (Å²) in [6.45, 7) is 0.209. The molecule has 2 amide bonds. The van der Waals surface area contributed by atoms with Crippen molar-refractivity contribution in [2.24, 2.45) is 0 Å². The minimum Gasteiger partial charge on any atom is -0.491 e. The van der Waals surface area contributed by atoms with Gasteiger partial charge in [0.1, 0.15) is 12.4 Å². The molecule has 0 spiro atoms. The molecule has 0 heterocycles. The van der Waals surface area contributed by atoms with E-state index in [0.717, 1.165) is 6.07 Å². The van der Waals surface area contributed by atoms with E-state index in [1.807, 2.05) is 0 Å². The second-order valence-electron chi connectivity index (χ2n) is 4.30. The molecule has 2 N–H and O–H groups in total. The zero-order valence-corrected chi connectivity index (χ0v) is 12.7. The molecule has 0 aliphatic carbocycles. The Bertz CT molecular complexity index is 523. The van der Waals surface area contributed by atoms with Crippen molar-refractivity contribution in [2.75, 3.05) is 31.7 Å². The molecule has 1 atom stereocenters. The van der Waals surface area contributed by atoms with Crippen LogP contribution in [-0.2, 0) is 17.0 Å². The largest absolute Gasteiger partial charge is 0.491 e. The molecule has 0 saturated carbocycles. The second kappa shape index (κ2) is 8.62. The van der Waals surface area contributed by atoms with Crippen molar-refractivity contribution in [3.05, 3.63) is 29.8 Å². The van der Waals surface area contributed by atoms with Crippen LogP contribution in [0.25, 0.3) is 0 Å². The number of hydrogen-bond donors (Lipinski definition) is 2. The summed E-state index contributed by atoms with van der Waals surface area (Å²) in [6.07, 6.45) is -2.97. The van der Waals surface area contributed by atoms with Crippen LogP contribution in [0.3, 0.4) is 0 Å². The summed E-state index contributed by atoms with van der Waals surface area (Å²) in [7, 11) is -0.999. The van der Waals surface area contributed by atoms with Gasteiger partial charge in [-0.1, -0.05) is 12.1 Å². The van der Waals surface area contributed by atoms with Gasteiger partial charge in [0.2, 0.25) is 0 Å². The van der Waals surface area contributed by atoms with Crippen LogP contribution in [0.5, 0.6) is 5.75 Å². The lowest BCUT2D eigenvalue weighted by Crippen LogP contribution is -2.39. The van der Waals surface area contributed by atoms with E-state index < -0.39 is 28.6 Å². The number of benzene rings is 1. The summed E-state index contributed by atoms with van der Waals surface area (Å²) < 4.78 is 53.9. The lowest BCUT2D eigenvalue weighted by Gasteiger charge is -2.14. The van der Waals surface area contributed by atoms with Crippen LogP contribution in [0.2, 0.25) is 0 Å². The zero-order valence-electron chi connectivity index (χ0n) is 11.9. The van der Waals surface area contributed by atoms with Crippen LogP contribution >= 0.6 is 0 Å². The quantitative estimate of drug-likeness (QED) is 0.745. The van der Waals surface area contributed by atoms with E-state index >= 15 is 0 Å². The fraction of sp³-hybridized carbons (Fsp3) is 0.462. The van der Waals surface area contributed by atoms with E-state index in [2.05, 4.69) is 10.6 Å². The fourth-order valence-electron chi connectivity index (χ4n) is 1.52. The highest BCUT2D eigenvalue weighted by Crippen LogP contribution is 2.35. The summed E-state index contributed by atoms with van der Waals surface area (Å²) in [5.41, 5.74) is -0.857. The molecule has 0 aliphatic rings. The molecule has 0 bridgehead atoms. The number of halogens is 3. The van der Waals surface area contributed by atoms with Crippen LogP contribution in [0.1, 0.15) is 5.56 Å². The van der Waals surface area contributed by atoms with Gasteiger partial charge in [-0.25, -0.2) is 4.79 Å². The van der Waals surface area contributed by atoms with Crippen LogP contribution < -0.4 is 15.4 Å². The zero-order chi connectivity index (χ0) is 16.6. The van der Waals surface area contributed by atoms with Crippen LogP contribution in [0.4, 0.5) is 18.0 Å². The van der Waals surface area contributed by atoms with Gasteiger partial charge >= 0.3 is 12.2 Å². The predicted octanol–water partition coefficient (Wildman–Crippen LogP) is 1.76. The number of alkyl halides is 3. The molecular weight excluding hydrogens is 321 g/mol. The highest BCUT2D eigenvalue weighted by atomic mass is 32.2. The number of urea groups is 1. The number of carbonyl (C=O) groups excluding carboxylic acids is 1. The number of para-hydroxylation sites is 1. The SMILES string of the molecule is C[S@](=O)CCNC(=O)NCCOc1ccccc1C(F)(F)F. The Hall–Kier alpha value is -1.77. The Kier molecular flexibility index (Phi) is 7.16. The van der Waals surface area contributed by atoms with E-state index in [1.165, 1.54) is 24.5 Å². The molecule has 1 aromatic rings. The molecule has 0 saturated heterocycles. The Labute approximate surface area is 128 Å². The predicted molar refractivity (Wildman–Crippen MR) is 77.3 cm³/mol. The molecule has 1 aromatic carbocycles. The van der Waals surface area contributed by atoms with Gasteiger partial charge in [-0.2, -0.15) is 13.2 Å². The lowest BCUT2D eigenvalue weighted by molar-refractivity contribution is -0.138. The summed E-state index contributed by atoms with van der Waals surface area (Å²) >= 11 is 0. The fourth-order valence-corrected chi connectivity index (χ4v) is 1.91. The van der Waals surface area contributed by atoms with Gasteiger partial charge in [0.25, 0.3) is 0 Å². The number of rotatable bonds is 7. The highest BCUT2D eigenvalue weighted by molar-refractivity contribution is 7.84. The monoisotopic (exact) mass is 338 g/mol. The maximum absolute atomic E-state index is 12.7. The van der Waals surface area contributed by atoms with Gasteiger partial charge in [-0.05, 0) is 12.1 Å². The normalized spacial score (nSPS) is 12.5. The molecule has 124 valence electrons. The van der Waals surface area contributed by atoms with Crippen molar-refractivity contribution >= 4 is 16.8 Å². The molecule has 5 nitrogen and oxygen atoms in total. The van der Waals surface area contributed by atoms with E-state index in [-0.39, 0.29) is 25.4 Å². The third-order valence-electron chi connectivity index (χ3n) is 2.51. The topological polar surface area (TPSA) is 67.4 Å². The Morgan fingerprint density at radius 1 is 1.23 bits per heavy atom. The lowest BCUT2D eigenvalue weighted by atomic mass is 10.2. The Balaban J connectivity index is 2.33. The first-order chi connectivity index (χ1) is 10.3. The van der Waals surface area contributed by atoms with Crippen molar-refractivity contribution in [3.63, 3.8) is 0 Å². The molecular formula is C13H17F3N2O3S. The van der Waals surface area contributed by atoms with Crippen LogP contribution in [0, 0.1) is 0 Å². The van der Waals surface area contributed by atoms with Crippen molar-refractivity contribution in [3.8, 4) is 5.75 Å². The van der Waals surface area contributed by atoms with Crippen LogP contribution in [0.15, 0.2) is 24.3 Å². The van der Waals surface area contributed by atoms with Gasteiger partial charge in [-0.3, -0.25) is 4.21 Å².